The Morgan fingerprint density at radius 1 is 0.914 bits per heavy atom. The predicted molar refractivity (Wildman–Crippen MR) is 228 cm³/mol. The number of amides is 2. The smallest absolute Gasteiger partial charge is 0.264 e. The lowest BCUT2D eigenvalue weighted by Gasteiger charge is -2.56. The van der Waals surface area contributed by atoms with Gasteiger partial charge in [-0.25, -0.2) is 13.1 Å². The number of hydrogen-bond donors (Lipinski definition) is 1. The molecule has 0 spiro atoms. The largest absolute Gasteiger partial charge is 0.497 e. The topological polar surface area (TPSA) is 119 Å². The lowest BCUT2D eigenvalue weighted by Crippen LogP contribution is -2.62. The molecule has 5 heterocycles. The molecule has 2 bridgehead atoms. The quantitative estimate of drug-likeness (QED) is 0.191. The van der Waals surface area contributed by atoms with E-state index in [9.17, 15) is 13.2 Å². The van der Waals surface area contributed by atoms with Crippen molar-refractivity contribution >= 4 is 44.4 Å². The molecular formula is C46H58N6O5S. The Labute approximate surface area is 342 Å². The van der Waals surface area contributed by atoms with E-state index in [0.717, 1.165) is 109 Å². The minimum atomic E-state index is -3.84. The molecule has 12 heteroatoms. The fourth-order valence-corrected chi connectivity index (χ4v) is 12.0. The molecule has 4 aromatic rings. The number of nitrogens with zero attached hydrogens (tertiary/aromatic N) is 5. The third-order valence-corrected chi connectivity index (χ3v) is 15.5. The van der Waals surface area contributed by atoms with Gasteiger partial charge in [-0.1, -0.05) is 39.2 Å². The van der Waals surface area contributed by atoms with Crippen LogP contribution in [0, 0.1) is 10.8 Å². The minimum absolute atomic E-state index is 0.00382. The summed E-state index contributed by atoms with van der Waals surface area (Å²) in [6, 6.07) is 12.1. The van der Waals surface area contributed by atoms with Crippen molar-refractivity contribution in [3.63, 3.8) is 0 Å². The van der Waals surface area contributed by atoms with Crippen LogP contribution in [0.25, 0.3) is 33.8 Å². The zero-order valence-electron chi connectivity index (χ0n) is 34.9. The summed E-state index contributed by atoms with van der Waals surface area (Å²) in [4.78, 5) is 33.3. The fourth-order valence-electron chi connectivity index (χ4n) is 11.4. The number of allylic oxidation sites excluding steroid dienone is 1. The molecule has 1 N–H and O–H groups in total. The van der Waals surface area contributed by atoms with Gasteiger partial charge in [-0.15, -0.1) is 0 Å². The number of fused-ring (bicyclic) bond motifs is 7. The van der Waals surface area contributed by atoms with Crippen LogP contribution in [0.5, 0.6) is 5.75 Å². The molecular weight excluding hydrogens is 749 g/mol. The van der Waals surface area contributed by atoms with E-state index in [0.29, 0.717) is 31.1 Å². The molecule has 2 atom stereocenters. The SMILES string of the molecule is COc1ccc2c(c1)C=C(c1c(C(=O)N3C[C@]4(C)CN(C)C[C@](C)(C3)C4)cnn1C1CCC1)Cn1c-2c(C2CCCCC2)c2ccc(C(=O)NS(=O)(=O)C(C)C)cc21. The normalized spacial score (nSPS) is 24.2. The van der Waals surface area contributed by atoms with Gasteiger partial charge in [0.1, 0.15) is 5.75 Å². The number of carbonyl (C=O) groups is 2. The van der Waals surface area contributed by atoms with Gasteiger partial charge in [0.05, 0.1) is 48.1 Å². The number of rotatable bonds is 8. The summed E-state index contributed by atoms with van der Waals surface area (Å²) in [5.41, 5.74) is 8.08. The molecule has 2 aromatic heterocycles. The van der Waals surface area contributed by atoms with Gasteiger partial charge in [0.15, 0.2) is 0 Å². The molecule has 308 valence electrons. The van der Waals surface area contributed by atoms with Crippen molar-refractivity contribution in [3.8, 4) is 17.0 Å². The Hall–Kier alpha value is -4.42. The van der Waals surface area contributed by atoms with Crippen LogP contribution in [0.4, 0.5) is 0 Å². The van der Waals surface area contributed by atoms with Crippen molar-refractivity contribution in [2.75, 3.05) is 40.3 Å². The van der Waals surface area contributed by atoms with Crippen LogP contribution in [0.15, 0.2) is 42.6 Å². The van der Waals surface area contributed by atoms with E-state index in [1.807, 2.05) is 24.4 Å². The van der Waals surface area contributed by atoms with E-state index in [-0.39, 0.29) is 28.3 Å². The first-order valence-corrected chi connectivity index (χ1v) is 22.9. The molecule has 0 unspecified atom stereocenters. The number of nitrogens with one attached hydrogen (secondary N) is 1. The lowest BCUT2D eigenvalue weighted by molar-refractivity contribution is -0.0554. The first-order chi connectivity index (χ1) is 27.7. The maximum Gasteiger partial charge on any atom is 0.264 e. The van der Waals surface area contributed by atoms with Gasteiger partial charge in [0.25, 0.3) is 11.8 Å². The van der Waals surface area contributed by atoms with Gasteiger partial charge < -0.3 is 19.1 Å². The summed E-state index contributed by atoms with van der Waals surface area (Å²) in [7, 11) is 0.0426. The van der Waals surface area contributed by atoms with Crippen LogP contribution in [0.2, 0.25) is 0 Å². The lowest BCUT2D eigenvalue weighted by atomic mass is 9.65. The Morgan fingerprint density at radius 3 is 2.29 bits per heavy atom. The molecule has 58 heavy (non-hydrogen) atoms. The number of ether oxygens (including phenoxy) is 1. The van der Waals surface area contributed by atoms with E-state index >= 15 is 4.79 Å². The minimum Gasteiger partial charge on any atom is -0.497 e. The molecule has 9 rings (SSSR count). The van der Waals surface area contributed by atoms with Crippen molar-refractivity contribution < 1.29 is 22.7 Å². The highest BCUT2D eigenvalue weighted by Crippen LogP contribution is 2.49. The van der Waals surface area contributed by atoms with Gasteiger partial charge in [-0.3, -0.25) is 14.3 Å². The molecule has 4 fully saturated rings. The fraction of sp³-hybridized carbons (Fsp3) is 0.543. The Balaban J connectivity index is 1.23. The Kier molecular flexibility index (Phi) is 9.69. The van der Waals surface area contributed by atoms with Crippen LogP contribution in [0.3, 0.4) is 0 Å². The van der Waals surface area contributed by atoms with E-state index in [2.05, 4.69) is 62.9 Å². The zero-order valence-corrected chi connectivity index (χ0v) is 35.8. The standard InChI is InChI=1S/C46H58N6O5S/c1-29(2)58(55,56)48-43(53)31-15-17-37-39(21-31)51-23-33(19-32-20-35(57-6)16-18-36(32)42(51)40(37)30-11-8-7-9-12-30)41-38(22-47-52(41)34-13-10-14-34)44(54)50-27-45(3)24-46(4,28-50)26-49(5)25-45/h15-22,29-30,34H,7-14,23-28H2,1-6H3,(H,48,53)/t45-,46+. The van der Waals surface area contributed by atoms with Crippen LogP contribution in [-0.2, 0) is 16.6 Å². The van der Waals surface area contributed by atoms with Crippen LogP contribution in [-0.4, -0.2) is 90.0 Å². The number of sulfonamides is 1. The first kappa shape index (κ1) is 39.1. The summed E-state index contributed by atoms with van der Waals surface area (Å²) in [5.74, 6) is 0.460. The second kappa shape index (κ2) is 14.4. The first-order valence-electron chi connectivity index (χ1n) is 21.3. The third kappa shape index (κ3) is 6.77. The van der Waals surface area contributed by atoms with E-state index in [1.54, 1.807) is 27.0 Å². The van der Waals surface area contributed by atoms with Gasteiger partial charge in [0, 0.05) is 48.2 Å². The summed E-state index contributed by atoms with van der Waals surface area (Å²) in [6.45, 7) is 11.5. The molecule has 2 saturated carbocycles. The van der Waals surface area contributed by atoms with Crippen molar-refractivity contribution in [3.05, 3.63) is 70.5 Å². The molecule has 2 aliphatic carbocycles. The Bertz CT molecular complexity index is 2430. The van der Waals surface area contributed by atoms with Gasteiger partial charge >= 0.3 is 0 Å². The summed E-state index contributed by atoms with van der Waals surface area (Å²) in [6.07, 6.45) is 14.0. The van der Waals surface area contributed by atoms with Crippen LogP contribution >= 0.6 is 0 Å². The second-order valence-electron chi connectivity index (χ2n) is 19.1. The number of benzene rings is 2. The summed E-state index contributed by atoms with van der Waals surface area (Å²) >= 11 is 0. The molecule has 2 amide bonds. The monoisotopic (exact) mass is 806 g/mol. The Morgan fingerprint density at radius 2 is 1.64 bits per heavy atom. The summed E-state index contributed by atoms with van der Waals surface area (Å²) in [5, 5.41) is 5.35. The van der Waals surface area contributed by atoms with Crippen molar-refractivity contribution in [1.29, 1.82) is 0 Å². The average Bonchev–Trinajstić information content (AvgIpc) is 3.66. The number of hydrogen-bond acceptors (Lipinski definition) is 7. The predicted octanol–water partition coefficient (Wildman–Crippen LogP) is 8.11. The van der Waals surface area contributed by atoms with Gasteiger partial charge in [-0.2, -0.15) is 5.10 Å². The van der Waals surface area contributed by atoms with Crippen molar-refractivity contribution in [2.45, 2.75) is 109 Å². The number of aromatic nitrogens is 3. The molecule has 5 aliphatic rings. The molecule has 2 saturated heterocycles. The van der Waals surface area contributed by atoms with E-state index in [1.165, 1.54) is 12.0 Å². The van der Waals surface area contributed by atoms with E-state index < -0.39 is 21.2 Å². The van der Waals surface area contributed by atoms with Gasteiger partial charge in [-0.05, 0) is 129 Å². The molecule has 11 nitrogen and oxygen atoms in total. The van der Waals surface area contributed by atoms with Gasteiger partial charge in [0.2, 0.25) is 10.0 Å². The third-order valence-electron chi connectivity index (χ3n) is 13.7. The van der Waals surface area contributed by atoms with Crippen LogP contribution < -0.4 is 9.46 Å². The zero-order chi connectivity index (χ0) is 40.7. The van der Waals surface area contributed by atoms with E-state index in [4.69, 9.17) is 9.84 Å². The molecule has 0 radical (unpaired) electrons. The number of methoxy groups -OCH3 is 1. The summed E-state index contributed by atoms with van der Waals surface area (Å²) < 4.78 is 38.3. The van der Waals surface area contributed by atoms with Crippen molar-refractivity contribution in [1.82, 2.24) is 28.9 Å². The number of piperidine rings is 2. The second-order valence-corrected chi connectivity index (χ2v) is 21.4. The van der Waals surface area contributed by atoms with Crippen LogP contribution in [0.1, 0.15) is 135 Å². The maximum atomic E-state index is 15.1. The number of likely N-dealkylation sites (tertiary alicyclic amines) is 2. The molecule has 3 aliphatic heterocycles. The highest BCUT2D eigenvalue weighted by atomic mass is 32.2. The maximum absolute atomic E-state index is 15.1. The molecule has 2 aromatic carbocycles. The highest BCUT2D eigenvalue weighted by molar-refractivity contribution is 7.90. The number of carbonyl (C=O) groups excluding carboxylic acids is 2. The average molecular weight is 807 g/mol. The van der Waals surface area contributed by atoms with Crippen molar-refractivity contribution in [2.24, 2.45) is 10.8 Å². The highest BCUT2D eigenvalue weighted by Gasteiger charge is 2.49.